The second-order valence-electron chi connectivity index (χ2n) is 8.22. The van der Waals surface area contributed by atoms with E-state index in [1.54, 1.807) is 42.5 Å². The van der Waals surface area contributed by atoms with Gasteiger partial charge in [0.1, 0.15) is 0 Å². The van der Waals surface area contributed by atoms with Gasteiger partial charge in [-0.2, -0.15) is 0 Å². The molecule has 0 nitrogen and oxygen atoms in total. The van der Waals surface area contributed by atoms with Gasteiger partial charge in [0.15, 0.2) is 0 Å². The molecule has 0 aromatic heterocycles. The number of hydrogen-bond acceptors (Lipinski definition) is 0. The molecule has 30 heavy (non-hydrogen) atoms. The van der Waals surface area contributed by atoms with Gasteiger partial charge in [0.2, 0.25) is 0 Å². The molecular formula is C20H40BF4FeP3Si+. The minimum Gasteiger partial charge on any atom is -0.418 e. The van der Waals surface area contributed by atoms with Crippen LogP contribution in [0.3, 0.4) is 0 Å². The van der Waals surface area contributed by atoms with Gasteiger partial charge < -0.3 is 17.3 Å². The molecule has 0 unspecified atom stereocenters. The van der Waals surface area contributed by atoms with E-state index in [2.05, 4.69) is 66.1 Å². The zero-order valence-corrected chi connectivity index (χ0v) is 24.2. The Morgan fingerprint density at radius 3 is 1.07 bits per heavy atom. The monoisotopic (exact) mass is 544 g/mol. The van der Waals surface area contributed by atoms with Crippen molar-refractivity contribution in [2.24, 2.45) is 0 Å². The van der Waals surface area contributed by atoms with Crippen molar-refractivity contribution in [3.8, 4) is 0 Å². The Balaban J connectivity index is 0. The molecule has 0 amide bonds. The molecule has 0 bridgehead atoms. The third-order valence-electron chi connectivity index (χ3n) is 5.07. The molecule has 0 N–H and O–H groups in total. The summed E-state index contributed by atoms with van der Waals surface area (Å²) >= 11 is 0. The van der Waals surface area contributed by atoms with E-state index in [4.69, 9.17) is 0 Å². The van der Waals surface area contributed by atoms with Crippen LogP contribution in [0.4, 0.5) is 17.3 Å². The molecule has 1 aliphatic carbocycles. The van der Waals surface area contributed by atoms with E-state index in [-0.39, 0.29) is 17.1 Å². The van der Waals surface area contributed by atoms with Crippen LogP contribution >= 0.6 is 23.8 Å². The molecule has 1 aliphatic heterocycles. The van der Waals surface area contributed by atoms with Crippen molar-refractivity contribution < 1.29 is 34.3 Å². The van der Waals surface area contributed by atoms with Crippen molar-refractivity contribution in [2.45, 2.75) is 40.4 Å². The Morgan fingerprint density at radius 2 is 0.933 bits per heavy atom. The molecule has 0 aromatic rings. The summed E-state index contributed by atoms with van der Waals surface area (Å²) < 4.78 is 39.0. The van der Waals surface area contributed by atoms with E-state index in [1.165, 1.54) is 18.5 Å². The Bertz CT molecular complexity index is 362. The van der Waals surface area contributed by atoms with Crippen LogP contribution in [0.15, 0.2) is 0 Å². The summed E-state index contributed by atoms with van der Waals surface area (Å²) in [5.74, 6) is 0. The van der Waals surface area contributed by atoms with E-state index < -0.39 is 15.3 Å². The van der Waals surface area contributed by atoms with Gasteiger partial charge in [0.05, 0.1) is 8.07 Å². The average molecular weight is 544 g/mol. The van der Waals surface area contributed by atoms with Crippen molar-refractivity contribution in [1.82, 2.24) is 0 Å². The number of hydrogen-bond donors (Lipinski definition) is 0. The van der Waals surface area contributed by atoms with Crippen LogP contribution < -0.4 is 0 Å². The minimum atomic E-state index is -6.00. The van der Waals surface area contributed by atoms with Crippen molar-refractivity contribution in [3.05, 3.63) is 31.2 Å². The Labute approximate surface area is 200 Å². The quantitative estimate of drug-likeness (QED) is 0.191. The molecule has 5 radical (unpaired) electrons. The third kappa shape index (κ3) is 19.3. The maximum Gasteiger partial charge on any atom is 2.00 e. The summed E-state index contributed by atoms with van der Waals surface area (Å²) in [5, 5.41) is 0. The van der Waals surface area contributed by atoms with Gasteiger partial charge in [0, 0.05) is 0 Å². The SMILES string of the molecule is CCP1CCP(CC)CCP(CC)CC1.C[Si](C)(C)[C]1[CH][CH][CH][CH]1.F[B-](F)(F)F.[Fe+2]. The zero-order chi connectivity index (χ0) is 22.5. The first-order valence-electron chi connectivity index (χ1n) is 10.7. The molecule has 177 valence electrons. The molecule has 10 heteroatoms. The molecular weight excluding hydrogens is 504 g/mol. The predicted molar refractivity (Wildman–Crippen MR) is 136 cm³/mol. The Kier molecular flexibility index (Phi) is 20.6. The molecule has 1 heterocycles. The van der Waals surface area contributed by atoms with Crippen LogP contribution in [0.1, 0.15) is 20.8 Å². The minimum absolute atomic E-state index is 0. The Morgan fingerprint density at radius 1 is 0.700 bits per heavy atom. The largest absolute Gasteiger partial charge is 2.00 e. The summed E-state index contributed by atoms with van der Waals surface area (Å²) in [7, 11) is -5.67. The molecule has 2 fully saturated rings. The second kappa shape index (κ2) is 18.2. The predicted octanol–water partition coefficient (Wildman–Crippen LogP) is 8.07. The van der Waals surface area contributed by atoms with Gasteiger partial charge in [-0.25, -0.2) is 0 Å². The van der Waals surface area contributed by atoms with Crippen molar-refractivity contribution in [2.75, 3.05) is 55.5 Å². The van der Waals surface area contributed by atoms with E-state index in [0.717, 1.165) is 0 Å². The maximum atomic E-state index is 9.75. The first kappa shape index (κ1) is 34.0. The van der Waals surface area contributed by atoms with Gasteiger partial charge in [-0.15, -0.1) is 23.8 Å². The van der Waals surface area contributed by atoms with Crippen molar-refractivity contribution in [3.63, 3.8) is 0 Å². The fraction of sp³-hybridized carbons (Fsp3) is 0.750. The normalized spacial score (nSPS) is 26.0. The average Bonchev–Trinajstić information content (AvgIpc) is 3.17. The fourth-order valence-corrected chi connectivity index (χ4v) is 13.6. The maximum absolute atomic E-state index is 9.75. The van der Waals surface area contributed by atoms with Crippen molar-refractivity contribution >= 4 is 39.1 Å². The van der Waals surface area contributed by atoms with E-state index in [9.17, 15) is 17.3 Å². The summed E-state index contributed by atoms with van der Waals surface area (Å²) in [4.78, 5) is 0. The van der Waals surface area contributed by atoms with Gasteiger partial charge in [0.25, 0.3) is 0 Å². The smallest absolute Gasteiger partial charge is 0.418 e. The number of halogens is 4. The van der Waals surface area contributed by atoms with Crippen LogP contribution in [0, 0.1) is 31.2 Å². The van der Waals surface area contributed by atoms with Crippen LogP contribution in [0.25, 0.3) is 0 Å². The summed E-state index contributed by atoms with van der Waals surface area (Å²) in [6.45, 7) is 14.4. The van der Waals surface area contributed by atoms with Crippen molar-refractivity contribution in [1.29, 1.82) is 0 Å². The second-order valence-corrected chi connectivity index (χ2v) is 21.9. The first-order valence-corrected chi connectivity index (χ1v) is 19.9. The van der Waals surface area contributed by atoms with E-state index in [1.807, 2.05) is 0 Å². The molecule has 0 spiro atoms. The molecule has 1 saturated heterocycles. The summed E-state index contributed by atoms with van der Waals surface area (Å²) in [5.41, 5.74) is 1.56. The van der Waals surface area contributed by atoms with Crippen LogP contribution in [-0.2, 0) is 17.1 Å². The molecule has 1 saturated carbocycles. The van der Waals surface area contributed by atoms with Gasteiger partial charge >= 0.3 is 24.3 Å². The number of rotatable bonds is 4. The molecule has 2 rings (SSSR count). The molecule has 2 aliphatic rings. The van der Waals surface area contributed by atoms with Crippen LogP contribution in [0.5, 0.6) is 0 Å². The van der Waals surface area contributed by atoms with Gasteiger partial charge in [-0.1, -0.05) is 40.4 Å². The van der Waals surface area contributed by atoms with Gasteiger partial charge in [-0.3, -0.25) is 0 Å². The summed E-state index contributed by atoms with van der Waals surface area (Å²) in [6.07, 6.45) is 22.8. The standard InChI is InChI=1S/C12H27P3.C8H13Si.BF4.Fe/c1-4-13-7-9-14(5-2)11-12-15(6-3)10-8-13;1-9(2,3)8-6-4-5-7-8;2-1(3,4)5;/h4-12H2,1-3H3;4-7H,1-3H3;;/q;;-1;+2. The zero-order valence-electron chi connectivity index (χ0n) is 19.5. The topological polar surface area (TPSA) is 0 Å². The van der Waals surface area contributed by atoms with E-state index >= 15 is 0 Å². The fourth-order valence-electron chi connectivity index (χ4n) is 3.01. The van der Waals surface area contributed by atoms with Gasteiger partial charge in [-0.05, 0) is 86.7 Å². The molecule has 0 atom stereocenters. The van der Waals surface area contributed by atoms with E-state index in [0.29, 0.717) is 23.8 Å². The van der Waals surface area contributed by atoms with Crippen LogP contribution in [-0.4, -0.2) is 70.8 Å². The Hall–Kier alpha value is 1.81. The van der Waals surface area contributed by atoms with Crippen LogP contribution in [0.2, 0.25) is 19.6 Å². The summed E-state index contributed by atoms with van der Waals surface area (Å²) in [6, 6.07) is 0. The molecule has 0 aromatic carbocycles. The third-order valence-corrected chi connectivity index (χ3v) is 16.0. The first-order chi connectivity index (χ1) is 13.4.